The molecule has 0 radical (unpaired) electrons. The average Bonchev–Trinajstić information content (AvgIpc) is 2.58. The molecule has 1 aliphatic heterocycles. The summed E-state index contributed by atoms with van der Waals surface area (Å²) >= 11 is 0. The van der Waals surface area contributed by atoms with E-state index in [1.807, 2.05) is 20.8 Å². The number of morpholine rings is 1. The number of hydrogen-bond donors (Lipinski definition) is 1. The van der Waals surface area contributed by atoms with Crippen molar-refractivity contribution in [2.75, 3.05) is 51.3 Å². The second kappa shape index (κ2) is 9.69. The van der Waals surface area contributed by atoms with Gasteiger partial charge in [0.05, 0.1) is 13.2 Å². The molecule has 1 aromatic carbocycles. The van der Waals surface area contributed by atoms with Crippen LogP contribution in [0.3, 0.4) is 0 Å². The van der Waals surface area contributed by atoms with E-state index >= 15 is 0 Å². The fraction of sp³-hybridized carbons (Fsp3) is 0.600. The van der Waals surface area contributed by atoms with E-state index in [0.29, 0.717) is 19.5 Å². The van der Waals surface area contributed by atoms with E-state index in [-0.39, 0.29) is 11.8 Å². The first-order chi connectivity index (χ1) is 12.4. The third-order valence-electron chi connectivity index (χ3n) is 4.79. The fourth-order valence-corrected chi connectivity index (χ4v) is 3.33. The number of rotatable bonds is 7. The summed E-state index contributed by atoms with van der Waals surface area (Å²) in [6.07, 6.45) is 0.301. The van der Waals surface area contributed by atoms with Crippen molar-refractivity contribution in [2.24, 2.45) is 0 Å². The Morgan fingerprint density at radius 3 is 2.31 bits per heavy atom. The quantitative estimate of drug-likeness (QED) is 0.808. The molecule has 2 rings (SSSR count). The molecule has 0 saturated carbocycles. The molecule has 1 aliphatic rings. The number of amides is 2. The molecule has 1 saturated heterocycles. The minimum Gasteiger partial charge on any atom is -0.379 e. The van der Waals surface area contributed by atoms with E-state index in [0.717, 1.165) is 49.7 Å². The van der Waals surface area contributed by atoms with Crippen molar-refractivity contribution in [2.45, 2.75) is 34.1 Å². The number of carbonyl (C=O) groups is 2. The predicted octanol–water partition coefficient (Wildman–Crippen LogP) is 2.12. The molecule has 26 heavy (non-hydrogen) atoms. The summed E-state index contributed by atoms with van der Waals surface area (Å²) in [6.45, 7) is 12.8. The van der Waals surface area contributed by atoms with Gasteiger partial charge in [-0.15, -0.1) is 0 Å². The van der Waals surface area contributed by atoms with Gasteiger partial charge in [0, 0.05) is 51.8 Å². The lowest BCUT2D eigenvalue weighted by molar-refractivity contribution is -0.129. The molecule has 6 nitrogen and oxygen atoms in total. The molecular weight excluding hydrogens is 330 g/mol. The second-order valence-electron chi connectivity index (χ2n) is 7.03. The van der Waals surface area contributed by atoms with Gasteiger partial charge in [-0.25, -0.2) is 0 Å². The van der Waals surface area contributed by atoms with Crippen LogP contribution in [0.4, 0.5) is 5.69 Å². The van der Waals surface area contributed by atoms with Crippen molar-refractivity contribution in [3.63, 3.8) is 0 Å². The van der Waals surface area contributed by atoms with Gasteiger partial charge in [-0.05, 0) is 31.9 Å². The molecule has 6 heteroatoms. The first-order valence-electron chi connectivity index (χ1n) is 9.30. The van der Waals surface area contributed by atoms with Gasteiger partial charge in [0.15, 0.2) is 0 Å². The normalized spacial score (nSPS) is 14.9. The highest BCUT2D eigenvalue weighted by atomic mass is 16.5. The van der Waals surface area contributed by atoms with E-state index < -0.39 is 0 Å². The maximum Gasteiger partial charge on any atom is 0.226 e. The second-order valence-corrected chi connectivity index (χ2v) is 7.03. The van der Waals surface area contributed by atoms with Crippen LogP contribution in [0.2, 0.25) is 0 Å². The zero-order valence-corrected chi connectivity index (χ0v) is 16.4. The number of aryl methyl sites for hydroxylation is 3. The highest BCUT2D eigenvalue weighted by Gasteiger charge is 2.16. The molecule has 1 heterocycles. The van der Waals surface area contributed by atoms with Crippen LogP contribution >= 0.6 is 0 Å². The van der Waals surface area contributed by atoms with Gasteiger partial charge in [0.25, 0.3) is 0 Å². The van der Waals surface area contributed by atoms with E-state index in [1.54, 1.807) is 11.8 Å². The third kappa shape index (κ3) is 6.11. The minimum atomic E-state index is -0.0577. The lowest BCUT2D eigenvalue weighted by Gasteiger charge is -2.29. The molecular formula is C20H31N3O3. The number of nitrogens with one attached hydrogen (secondary N) is 1. The Labute approximate surface area is 156 Å². The molecule has 0 aromatic heterocycles. The average molecular weight is 361 g/mol. The Morgan fingerprint density at radius 2 is 1.73 bits per heavy atom. The first-order valence-corrected chi connectivity index (χ1v) is 9.30. The van der Waals surface area contributed by atoms with E-state index in [2.05, 4.69) is 22.3 Å². The first kappa shape index (κ1) is 20.4. The zero-order valence-electron chi connectivity index (χ0n) is 16.4. The topological polar surface area (TPSA) is 61.9 Å². The zero-order chi connectivity index (χ0) is 19.1. The molecule has 0 bridgehead atoms. The fourth-order valence-electron chi connectivity index (χ4n) is 3.33. The number of benzene rings is 1. The molecule has 0 atom stereocenters. The monoisotopic (exact) mass is 361 g/mol. The summed E-state index contributed by atoms with van der Waals surface area (Å²) in [5.74, 6) is -0.0496. The molecule has 144 valence electrons. The van der Waals surface area contributed by atoms with Crippen molar-refractivity contribution in [1.82, 2.24) is 9.80 Å². The highest BCUT2D eigenvalue weighted by molar-refractivity contribution is 5.92. The number of nitrogens with zero attached hydrogens (tertiary/aromatic N) is 2. The molecule has 0 spiro atoms. The summed E-state index contributed by atoms with van der Waals surface area (Å²) in [4.78, 5) is 28.3. The van der Waals surface area contributed by atoms with Gasteiger partial charge in [-0.3, -0.25) is 14.5 Å². The number of ether oxygens (including phenoxy) is 1. The molecule has 0 unspecified atom stereocenters. The van der Waals surface area contributed by atoms with Crippen LogP contribution in [0.5, 0.6) is 0 Å². The summed E-state index contributed by atoms with van der Waals surface area (Å²) in [5, 5.41) is 3.00. The van der Waals surface area contributed by atoms with Crippen LogP contribution < -0.4 is 5.32 Å². The Balaban J connectivity index is 1.84. The van der Waals surface area contributed by atoms with E-state index in [9.17, 15) is 9.59 Å². The highest BCUT2D eigenvalue weighted by Crippen LogP contribution is 2.22. The third-order valence-corrected chi connectivity index (χ3v) is 4.79. The Morgan fingerprint density at radius 1 is 1.12 bits per heavy atom. The van der Waals surface area contributed by atoms with Crippen molar-refractivity contribution < 1.29 is 14.3 Å². The van der Waals surface area contributed by atoms with Crippen molar-refractivity contribution >= 4 is 17.5 Å². The van der Waals surface area contributed by atoms with E-state index in [4.69, 9.17) is 4.74 Å². The minimum absolute atomic E-state index is 0.00811. The number of carbonyl (C=O) groups excluding carboxylic acids is 2. The SMILES string of the molecule is CC(=O)N(CCC(=O)Nc1c(C)cc(C)cc1C)CCN1CCOCC1. The molecule has 2 amide bonds. The van der Waals surface area contributed by atoms with Crippen molar-refractivity contribution in [1.29, 1.82) is 0 Å². The summed E-state index contributed by atoms with van der Waals surface area (Å²) in [5.41, 5.74) is 4.19. The van der Waals surface area contributed by atoms with Gasteiger partial charge in [0.1, 0.15) is 0 Å². The van der Waals surface area contributed by atoms with Crippen LogP contribution in [0.15, 0.2) is 12.1 Å². The smallest absolute Gasteiger partial charge is 0.226 e. The van der Waals surface area contributed by atoms with Crippen molar-refractivity contribution in [3.8, 4) is 0 Å². The van der Waals surface area contributed by atoms with Crippen molar-refractivity contribution in [3.05, 3.63) is 28.8 Å². The van der Waals surface area contributed by atoms with Crippen LogP contribution in [-0.4, -0.2) is 67.6 Å². The van der Waals surface area contributed by atoms with Gasteiger partial charge >= 0.3 is 0 Å². The number of hydrogen-bond acceptors (Lipinski definition) is 4. The molecule has 1 aromatic rings. The van der Waals surface area contributed by atoms with Gasteiger partial charge < -0.3 is 15.0 Å². The molecule has 1 fully saturated rings. The summed E-state index contributed by atoms with van der Waals surface area (Å²) in [7, 11) is 0. The largest absolute Gasteiger partial charge is 0.379 e. The number of anilines is 1. The Hall–Kier alpha value is -1.92. The van der Waals surface area contributed by atoms with Crippen LogP contribution in [0, 0.1) is 20.8 Å². The van der Waals surface area contributed by atoms with Crippen LogP contribution in [0.25, 0.3) is 0 Å². The summed E-state index contributed by atoms with van der Waals surface area (Å²) in [6, 6.07) is 4.12. The van der Waals surface area contributed by atoms with Gasteiger partial charge in [0.2, 0.25) is 11.8 Å². The van der Waals surface area contributed by atoms with Gasteiger partial charge in [-0.2, -0.15) is 0 Å². The maximum absolute atomic E-state index is 12.4. The lowest BCUT2D eigenvalue weighted by atomic mass is 10.0. The van der Waals surface area contributed by atoms with E-state index in [1.165, 1.54) is 5.56 Å². The Bertz CT molecular complexity index is 616. The maximum atomic E-state index is 12.4. The summed E-state index contributed by atoms with van der Waals surface area (Å²) < 4.78 is 5.34. The lowest BCUT2D eigenvalue weighted by Crippen LogP contribution is -2.43. The van der Waals surface area contributed by atoms with Crippen LogP contribution in [0.1, 0.15) is 30.0 Å². The molecule has 1 N–H and O–H groups in total. The standard InChI is InChI=1S/C20H31N3O3/c1-15-13-16(2)20(17(3)14-15)21-19(25)5-6-23(18(4)24)8-7-22-9-11-26-12-10-22/h13-14H,5-12H2,1-4H3,(H,21,25). The predicted molar refractivity (Wildman–Crippen MR) is 103 cm³/mol. The van der Waals surface area contributed by atoms with Gasteiger partial charge in [-0.1, -0.05) is 17.7 Å². The Kier molecular flexibility index (Phi) is 7.60. The molecule has 0 aliphatic carbocycles. The van der Waals surface area contributed by atoms with Crippen LogP contribution in [-0.2, 0) is 14.3 Å².